The zero-order valence-corrected chi connectivity index (χ0v) is 24.4. The molecule has 1 saturated carbocycles. The molecule has 1 N–H and O–H groups in total. The number of hydrogen-bond donors (Lipinski definition) is 1. The monoisotopic (exact) mass is 608 g/mol. The zero-order chi connectivity index (χ0) is 29.4. The van der Waals surface area contributed by atoms with Crippen molar-refractivity contribution in [2.45, 2.75) is 62.4 Å². The lowest BCUT2D eigenvalue weighted by molar-refractivity contribution is -0.292. The fourth-order valence-corrected chi connectivity index (χ4v) is 7.82. The van der Waals surface area contributed by atoms with E-state index in [1.54, 1.807) is 0 Å². The molecule has 0 radical (unpaired) electrons. The molecule has 3 heterocycles. The van der Waals surface area contributed by atoms with E-state index < -0.39 is 35.2 Å². The van der Waals surface area contributed by atoms with Crippen LogP contribution < -0.4 is 0 Å². The smallest absolute Gasteiger partial charge is 0.368 e. The van der Waals surface area contributed by atoms with Gasteiger partial charge in [-0.2, -0.15) is 8.42 Å². The maximum Gasteiger partial charge on any atom is 0.397 e. The van der Waals surface area contributed by atoms with Gasteiger partial charge in [-0.3, -0.25) is 4.55 Å². The zero-order valence-electron chi connectivity index (χ0n) is 23.6. The second-order valence-corrected chi connectivity index (χ2v) is 12.8. The maximum atomic E-state index is 11.8. The molecule has 0 bridgehead atoms. The van der Waals surface area contributed by atoms with Gasteiger partial charge in [-0.1, -0.05) is 91.0 Å². The summed E-state index contributed by atoms with van der Waals surface area (Å²) in [5.41, 5.74) is 2.90. The minimum Gasteiger partial charge on any atom is -0.368 e. The summed E-state index contributed by atoms with van der Waals surface area (Å²) in [5.74, 6) is -0.115. The summed E-state index contributed by atoms with van der Waals surface area (Å²) >= 11 is 0. The van der Waals surface area contributed by atoms with Gasteiger partial charge in [-0.15, -0.1) is 0 Å². The van der Waals surface area contributed by atoms with Crippen LogP contribution in [0.2, 0.25) is 0 Å². The third-order valence-electron chi connectivity index (χ3n) is 9.24. The van der Waals surface area contributed by atoms with Gasteiger partial charge in [0.05, 0.1) is 37.6 Å². The van der Waals surface area contributed by atoms with Crippen molar-refractivity contribution >= 4 is 10.4 Å². The molecular formula is C33H36O9S. The first-order valence-corrected chi connectivity index (χ1v) is 16.3. The first-order chi connectivity index (χ1) is 20.9. The standard InChI is InChI=1S/C33H36O9S/c34-43(35,36)42-28-17-16-27(21-10-4-1-5-11-21)39-29(28)18-24-25-19-37-32(22-12-6-2-7-13-22)40-30(25)31-26(24)20-38-33(41-31)23-14-8-3-9-15-23/h1-15,24-33H,16-20H2,(H,34,35,36)/t25-,26-,27?,28+,29-,30-,31-,32-,33-/m1/s1. The first-order valence-electron chi connectivity index (χ1n) is 14.9. The van der Waals surface area contributed by atoms with Crippen molar-refractivity contribution in [1.29, 1.82) is 0 Å². The summed E-state index contributed by atoms with van der Waals surface area (Å²) in [4.78, 5) is 0. The van der Waals surface area contributed by atoms with Crippen LogP contribution in [0.4, 0.5) is 0 Å². The van der Waals surface area contributed by atoms with E-state index in [0.717, 1.165) is 16.7 Å². The average molecular weight is 609 g/mol. The molecule has 7 rings (SSSR count). The topological polar surface area (TPSA) is 110 Å². The Kier molecular flexibility index (Phi) is 8.36. The predicted octanol–water partition coefficient (Wildman–Crippen LogP) is 5.58. The van der Waals surface area contributed by atoms with Gasteiger partial charge in [-0.25, -0.2) is 4.18 Å². The lowest BCUT2D eigenvalue weighted by Crippen LogP contribution is -2.43. The van der Waals surface area contributed by atoms with Crippen molar-refractivity contribution in [1.82, 2.24) is 0 Å². The van der Waals surface area contributed by atoms with Gasteiger partial charge >= 0.3 is 10.4 Å². The molecule has 1 aliphatic carbocycles. The highest BCUT2D eigenvalue weighted by molar-refractivity contribution is 7.80. The van der Waals surface area contributed by atoms with Gasteiger partial charge in [0.15, 0.2) is 12.6 Å². The molecule has 0 amide bonds. The van der Waals surface area contributed by atoms with E-state index in [2.05, 4.69) is 0 Å². The number of fused-ring (bicyclic) bond motifs is 3. The molecule has 9 nitrogen and oxygen atoms in total. The van der Waals surface area contributed by atoms with E-state index >= 15 is 0 Å². The van der Waals surface area contributed by atoms with Crippen LogP contribution in [-0.4, -0.2) is 50.6 Å². The largest absolute Gasteiger partial charge is 0.397 e. The molecule has 4 aliphatic rings. The maximum absolute atomic E-state index is 11.8. The van der Waals surface area contributed by atoms with E-state index in [1.165, 1.54) is 0 Å². The van der Waals surface area contributed by atoms with Crippen LogP contribution in [0.5, 0.6) is 0 Å². The molecular weight excluding hydrogens is 572 g/mol. The summed E-state index contributed by atoms with van der Waals surface area (Å²) < 4.78 is 70.9. The summed E-state index contributed by atoms with van der Waals surface area (Å²) in [5, 5.41) is 0. The van der Waals surface area contributed by atoms with Gasteiger partial charge in [0, 0.05) is 23.0 Å². The number of hydrogen-bond acceptors (Lipinski definition) is 8. The van der Waals surface area contributed by atoms with E-state index in [4.69, 9.17) is 27.9 Å². The molecule has 3 aromatic carbocycles. The normalized spacial score (nSPS) is 36.0. The van der Waals surface area contributed by atoms with Gasteiger partial charge < -0.3 is 23.7 Å². The lowest BCUT2D eigenvalue weighted by atomic mass is 9.81. The number of ether oxygens (including phenoxy) is 5. The Bertz CT molecular complexity index is 1390. The minimum absolute atomic E-state index is 0.0320. The van der Waals surface area contributed by atoms with Crippen molar-refractivity contribution in [3.63, 3.8) is 0 Å². The summed E-state index contributed by atoms with van der Waals surface area (Å²) in [6.45, 7) is 0.889. The van der Waals surface area contributed by atoms with Crippen LogP contribution in [0.1, 0.15) is 54.6 Å². The molecule has 0 aromatic heterocycles. The van der Waals surface area contributed by atoms with Gasteiger partial charge in [-0.05, 0) is 30.7 Å². The van der Waals surface area contributed by atoms with Crippen LogP contribution in [0, 0.1) is 17.8 Å². The third-order valence-corrected chi connectivity index (χ3v) is 9.73. The van der Waals surface area contributed by atoms with Gasteiger partial charge in [0.1, 0.15) is 6.10 Å². The van der Waals surface area contributed by atoms with Crippen LogP contribution in [0.3, 0.4) is 0 Å². The van der Waals surface area contributed by atoms with E-state index in [1.807, 2.05) is 91.0 Å². The SMILES string of the molecule is O=S(=O)(O)O[C@H]1CCC(c2ccccc2)O[C@@H]1CC1[C@H]2CO[C@@H](c3ccccc3)O[C@H]2[C@@H]2O[C@H](c3ccccc3)OC[C@H]12. The molecule has 4 fully saturated rings. The van der Waals surface area contributed by atoms with E-state index in [0.29, 0.717) is 32.5 Å². The Labute approximate surface area is 252 Å². The average Bonchev–Trinajstić information content (AvgIpc) is 3.34. The van der Waals surface area contributed by atoms with E-state index in [-0.39, 0.29) is 36.1 Å². The highest BCUT2D eigenvalue weighted by atomic mass is 32.3. The predicted molar refractivity (Wildman–Crippen MR) is 155 cm³/mol. The molecule has 3 aliphatic heterocycles. The molecule has 3 aromatic rings. The van der Waals surface area contributed by atoms with Gasteiger partial charge in [0.2, 0.25) is 0 Å². The summed E-state index contributed by atoms with van der Waals surface area (Å²) in [6.07, 6.45) is -1.75. The van der Waals surface area contributed by atoms with Crippen molar-refractivity contribution in [2.75, 3.05) is 13.2 Å². The minimum atomic E-state index is -4.67. The molecule has 1 unspecified atom stereocenters. The molecule has 3 saturated heterocycles. The number of benzene rings is 3. The van der Waals surface area contributed by atoms with Gasteiger partial charge in [0.25, 0.3) is 0 Å². The van der Waals surface area contributed by atoms with Crippen LogP contribution in [-0.2, 0) is 38.3 Å². The summed E-state index contributed by atoms with van der Waals surface area (Å²) in [6, 6.07) is 29.6. The highest BCUT2D eigenvalue weighted by Gasteiger charge is 2.58. The quantitative estimate of drug-likeness (QED) is 0.344. The Balaban J connectivity index is 1.17. The van der Waals surface area contributed by atoms with Crippen LogP contribution in [0.15, 0.2) is 91.0 Å². The lowest BCUT2D eigenvalue weighted by Gasteiger charge is -2.40. The fourth-order valence-electron chi connectivity index (χ4n) is 7.29. The molecule has 10 heteroatoms. The van der Waals surface area contributed by atoms with Crippen molar-refractivity contribution in [3.05, 3.63) is 108 Å². The Morgan fingerprint density at radius 2 is 1.16 bits per heavy atom. The van der Waals surface area contributed by atoms with Crippen LogP contribution >= 0.6 is 0 Å². The second kappa shape index (κ2) is 12.4. The fraction of sp³-hybridized carbons (Fsp3) is 0.455. The van der Waals surface area contributed by atoms with E-state index in [9.17, 15) is 13.0 Å². The van der Waals surface area contributed by atoms with Crippen LogP contribution in [0.25, 0.3) is 0 Å². The third kappa shape index (κ3) is 6.29. The highest BCUT2D eigenvalue weighted by Crippen LogP contribution is 2.52. The van der Waals surface area contributed by atoms with Crippen molar-refractivity contribution < 1.29 is 40.8 Å². The first kappa shape index (κ1) is 29.1. The number of rotatable bonds is 7. The Hall–Kier alpha value is -2.67. The molecule has 9 atom stereocenters. The van der Waals surface area contributed by atoms with Crippen molar-refractivity contribution in [3.8, 4) is 0 Å². The summed E-state index contributed by atoms with van der Waals surface area (Å²) in [7, 11) is -4.67. The Morgan fingerprint density at radius 1 is 0.674 bits per heavy atom. The van der Waals surface area contributed by atoms with Crippen molar-refractivity contribution in [2.24, 2.45) is 17.8 Å². The molecule has 43 heavy (non-hydrogen) atoms. The molecule has 228 valence electrons. The molecule has 0 spiro atoms. The second-order valence-electron chi connectivity index (χ2n) is 11.8. The Morgan fingerprint density at radius 3 is 1.65 bits per heavy atom.